The number of rotatable bonds is 8. The first-order valence-corrected chi connectivity index (χ1v) is 16.9. The first-order valence-electron chi connectivity index (χ1n) is 14.9. The number of fused-ring (bicyclic) bond motifs is 2. The highest BCUT2D eigenvalue weighted by molar-refractivity contribution is 7.89. The Morgan fingerprint density at radius 3 is 2.53 bits per heavy atom. The molecule has 0 amide bonds. The number of carboxylic acids is 1. The lowest BCUT2D eigenvalue weighted by Gasteiger charge is -2.19. The molecule has 49 heavy (non-hydrogen) atoms. The first-order chi connectivity index (χ1) is 23.3. The van der Waals surface area contributed by atoms with Crippen LogP contribution in [0.3, 0.4) is 0 Å². The van der Waals surface area contributed by atoms with Crippen molar-refractivity contribution in [2.45, 2.75) is 11.4 Å². The quantitative estimate of drug-likeness (QED) is 0.104. The lowest BCUT2D eigenvalue weighted by molar-refractivity contribution is 0.0697. The Labute approximate surface area is 287 Å². The van der Waals surface area contributed by atoms with Crippen LogP contribution in [0.2, 0.25) is 0 Å². The highest BCUT2D eigenvalue weighted by Crippen LogP contribution is 2.42. The monoisotopic (exact) mass is 697 g/mol. The summed E-state index contributed by atoms with van der Waals surface area (Å²) in [4.78, 5) is 14.7. The van der Waals surface area contributed by atoms with Crippen molar-refractivity contribution in [3.8, 4) is 28.1 Å². The van der Waals surface area contributed by atoms with E-state index in [1.807, 2.05) is 74.1 Å². The molecular weight excluding hydrogens is 665 g/mol. The van der Waals surface area contributed by atoms with Crippen LogP contribution in [0, 0.1) is 0 Å². The second-order valence-electron chi connectivity index (χ2n) is 11.7. The predicted molar refractivity (Wildman–Crippen MR) is 192 cm³/mol. The van der Waals surface area contributed by atoms with Crippen molar-refractivity contribution < 1.29 is 22.7 Å². The number of aromatic nitrogens is 3. The van der Waals surface area contributed by atoms with E-state index in [1.54, 1.807) is 36.5 Å². The van der Waals surface area contributed by atoms with Gasteiger partial charge >= 0.3 is 5.97 Å². The molecule has 0 radical (unpaired) electrons. The van der Waals surface area contributed by atoms with Crippen LogP contribution in [0.15, 0.2) is 94.4 Å². The second kappa shape index (κ2) is 13.1. The van der Waals surface area contributed by atoms with E-state index in [0.717, 1.165) is 27.6 Å². The standard InChI is InChI=1S/C34H32N8O5S2/c1-40(2)22-9-12-27-30(16-22)47-31-17-23(41(3)4)10-13-28(31)32(27)26-11-8-20(14-29(26)33(43)44)37-34(48)36-18-21-19-42(39-38-21)24-6-5-7-25(15-24)49(35,45)46/h5-17,19H,18H2,1-4H3,(H4,35,36,43,44,45,46,48)/p+1. The molecule has 1 aromatic heterocycles. The van der Waals surface area contributed by atoms with Gasteiger partial charge in [0, 0.05) is 54.1 Å². The van der Waals surface area contributed by atoms with E-state index in [1.165, 1.54) is 16.8 Å². The molecule has 1 aliphatic carbocycles. The van der Waals surface area contributed by atoms with Crippen LogP contribution in [-0.2, 0) is 16.6 Å². The van der Waals surface area contributed by atoms with Crippen LogP contribution < -0.4 is 30.6 Å². The molecule has 6 rings (SSSR count). The maximum absolute atomic E-state index is 12.7. The second-order valence-corrected chi connectivity index (χ2v) is 13.7. The van der Waals surface area contributed by atoms with Gasteiger partial charge in [-0.2, -0.15) is 0 Å². The Morgan fingerprint density at radius 1 is 1.04 bits per heavy atom. The van der Waals surface area contributed by atoms with Crippen LogP contribution >= 0.6 is 12.2 Å². The number of nitrogens with one attached hydrogen (secondary N) is 2. The van der Waals surface area contributed by atoms with Crippen molar-refractivity contribution in [1.82, 2.24) is 24.9 Å². The van der Waals surface area contributed by atoms with Gasteiger partial charge < -0.3 is 25.1 Å². The smallest absolute Gasteiger partial charge is 0.336 e. The SMILES string of the molecule is CN(C)c1ccc2c(-c3ccc(NC(=S)NCc4cn(-c5cccc(S(N)(=O)=O)c5)nn4)cc3C(=O)O)c3ccc(=[N+](C)C)cc-3oc2c1. The van der Waals surface area contributed by atoms with Gasteiger partial charge in [0.25, 0.3) is 0 Å². The number of anilines is 2. The third kappa shape index (κ3) is 6.99. The molecule has 0 spiro atoms. The zero-order chi connectivity index (χ0) is 35.0. The number of carbonyl (C=O) groups is 1. The number of benzene rings is 4. The molecule has 13 nitrogen and oxygen atoms in total. The number of primary sulfonamides is 1. The van der Waals surface area contributed by atoms with Gasteiger partial charge in [-0.15, -0.1) is 5.10 Å². The Hall–Kier alpha value is -5.64. The van der Waals surface area contributed by atoms with Crippen molar-refractivity contribution in [1.29, 1.82) is 0 Å². The maximum atomic E-state index is 12.7. The first kappa shape index (κ1) is 33.3. The molecule has 3 aromatic carbocycles. The minimum absolute atomic E-state index is 0.0436. The summed E-state index contributed by atoms with van der Waals surface area (Å²) in [5, 5.41) is 31.9. The highest BCUT2D eigenvalue weighted by Gasteiger charge is 2.23. The molecule has 0 unspecified atom stereocenters. The zero-order valence-corrected chi connectivity index (χ0v) is 28.6. The third-order valence-electron chi connectivity index (χ3n) is 7.88. The van der Waals surface area contributed by atoms with E-state index < -0.39 is 16.0 Å². The predicted octanol–water partition coefficient (Wildman–Crippen LogP) is 3.72. The van der Waals surface area contributed by atoms with E-state index in [4.69, 9.17) is 21.8 Å². The van der Waals surface area contributed by atoms with Crippen LogP contribution in [0.25, 0.3) is 39.1 Å². The number of thiocarbonyl (C=S) groups is 1. The van der Waals surface area contributed by atoms with E-state index in [0.29, 0.717) is 34.0 Å². The summed E-state index contributed by atoms with van der Waals surface area (Å²) >= 11 is 5.50. The van der Waals surface area contributed by atoms with E-state index >= 15 is 0 Å². The van der Waals surface area contributed by atoms with Crippen molar-refractivity contribution in [3.63, 3.8) is 0 Å². The molecule has 4 aromatic rings. The van der Waals surface area contributed by atoms with E-state index in [-0.39, 0.29) is 22.1 Å². The van der Waals surface area contributed by atoms with Gasteiger partial charge in [0.15, 0.2) is 5.11 Å². The summed E-state index contributed by atoms with van der Waals surface area (Å²) in [7, 11) is 3.91. The molecule has 0 saturated heterocycles. The molecule has 0 bridgehead atoms. The minimum atomic E-state index is -3.88. The summed E-state index contributed by atoms with van der Waals surface area (Å²) in [6.45, 7) is 0.194. The lowest BCUT2D eigenvalue weighted by Crippen LogP contribution is -2.28. The van der Waals surface area contributed by atoms with Gasteiger partial charge in [-0.05, 0) is 66.3 Å². The number of carboxylic acid groups (broad SMARTS) is 1. The molecule has 1 aliphatic heterocycles. The molecule has 0 saturated carbocycles. The molecule has 0 atom stereocenters. The van der Waals surface area contributed by atoms with Crippen molar-refractivity contribution in [3.05, 3.63) is 102 Å². The molecule has 0 fully saturated rings. The Balaban J connectivity index is 1.28. The van der Waals surface area contributed by atoms with Crippen LogP contribution in [-0.4, -0.2) is 67.8 Å². The Morgan fingerprint density at radius 2 is 1.82 bits per heavy atom. The van der Waals surface area contributed by atoms with Gasteiger partial charge in [0.2, 0.25) is 15.4 Å². The number of sulfonamides is 1. The highest BCUT2D eigenvalue weighted by atomic mass is 32.2. The van der Waals surface area contributed by atoms with Crippen molar-refractivity contribution in [2.75, 3.05) is 38.4 Å². The summed E-state index contributed by atoms with van der Waals surface area (Å²) < 4.78 is 33.3. The Kier molecular flexibility index (Phi) is 8.90. The average molecular weight is 698 g/mol. The van der Waals surface area contributed by atoms with Crippen molar-refractivity contribution in [2.24, 2.45) is 5.14 Å². The number of hydrogen-bond donors (Lipinski definition) is 4. The van der Waals surface area contributed by atoms with Gasteiger partial charge in [-0.25, -0.2) is 27.6 Å². The number of hydrogen-bond acceptors (Lipinski definition) is 8. The number of nitrogens with zero attached hydrogens (tertiary/aromatic N) is 5. The summed E-state index contributed by atoms with van der Waals surface area (Å²) in [5.41, 5.74) is 5.17. The van der Waals surface area contributed by atoms with Gasteiger partial charge in [-0.1, -0.05) is 17.3 Å². The van der Waals surface area contributed by atoms with Crippen LogP contribution in [0.4, 0.5) is 11.4 Å². The fourth-order valence-corrected chi connectivity index (χ4v) is 6.13. The summed E-state index contributed by atoms with van der Waals surface area (Å²) in [6, 6.07) is 22.9. The topological polar surface area (TPSA) is 172 Å². The zero-order valence-electron chi connectivity index (χ0n) is 27.0. The molecule has 250 valence electrons. The third-order valence-corrected chi connectivity index (χ3v) is 9.04. The van der Waals surface area contributed by atoms with Crippen LogP contribution in [0.1, 0.15) is 16.1 Å². The number of aromatic carboxylic acids is 1. The average Bonchev–Trinajstić information content (AvgIpc) is 3.54. The minimum Gasteiger partial charge on any atom is -0.478 e. The maximum Gasteiger partial charge on any atom is 0.336 e. The molecule has 2 heterocycles. The van der Waals surface area contributed by atoms with Gasteiger partial charge in [0.1, 0.15) is 31.1 Å². The molecule has 2 aliphatic rings. The summed E-state index contributed by atoms with van der Waals surface area (Å²) in [6.07, 6.45) is 1.62. The molecular formula is C34H33N8O5S2+. The van der Waals surface area contributed by atoms with Crippen LogP contribution in [0.5, 0.6) is 0 Å². The van der Waals surface area contributed by atoms with Crippen molar-refractivity contribution >= 4 is 55.7 Å². The fourth-order valence-electron chi connectivity index (χ4n) is 5.39. The largest absolute Gasteiger partial charge is 0.478 e. The van der Waals surface area contributed by atoms with E-state index in [2.05, 4.69) is 20.9 Å². The van der Waals surface area contributed by atoms with Gasteiger partial charge in [-0.3, -0.25) is 0 Å². The Bertz CT molecular complexity index is 2410. The van der Waals surface area contributed by atoms with E-state index in [9.17, 15) is 18.3 Å². The van der Waals surface area contributed by atoms with Gasteiger partial charge in [0.05, 0.1) is 35.0 Å². The normalized spacial score (nSPS) is 11.4. The number of nitrogens with two attached hydrogens (primary N) is 1. The molecule has 5 N–H and O–H groups in total. The fraction of sp³-hybridized carbons (Fsp3) is 0.147. The lowest BCUT2D eigenvalue weighted by atomic mass is 9.90. The molecule has 15 heteroatoms. The summed E-state index contributed by atoms with van der Waals surface area (Å²) in [5.74, 6) is -0.472.